The molecule has 6 aromatic carbocycles. The molecule has 4 saturated carbocycles. The van der Waals surface area contributed by atoms with Crippen molar-refractivity contribution in [1.82, 2.24) is 0 Å². The second-order valence-electron chi connectivity index (χ2n) is 26.3. The van der Waals surface area contributed by atoms with Gasteiger partial charge in [0.25, 0.3) is 0 Å². The van der Waals surface area contributed by atoms with E-state index in [1.165, 1.54) is 0 Å². The molecule has 7 aromatic rings. The average molecular weight is 1380 g/mol. The molecule has 25 heteroatoms. The van der Waals surface area contributed by atoms with Crippen molar-refractivity contribution in [3.05, 3.63) is 178 Å². The first kappa shape index (κ1) is 79.5. The van der Waals surface area contributed by atoms with E-state index >= 15 is 0 Å². The van der Waals surface area contributed by atoms with Gasteiger partial charge in [-0.05, 0) is 140 Å². The number of carboxylic acid groups (broad SMARTS) is 8. The van der Waals surface area contributed by atoms with Gasteiger partial charge in [0, 0.05) is 48.7 Å². The topological polar surface area (TPSA) is 520 Å². The van der Waals surface area contributed by atoms with Crippen molar-refractivity contribution in [2.75, 3.05) is 6.54 Å². The molecular formula is C75H96N8O17. The minimum atomic E-state index is -1.16. The van der Waals surface area contributed by atoms with E-state index in [1.54, 1.807) is 24.3 Å². The van der Waals surface area contributed by atoms with E-state index in [1.807, 2.05) is 109 Å². The Balaban J connectivity index is 0.000000184. The van der Waals surface area contributed by atoms with Gasteiger partial charge >= 0.3 is 47.8 Å². The largest absolute Gasteiger partial charge is 0.481 e. The number of hydrogen-bond acceptors (Lipinski definition) is 17. The van der Waals surface area contributed by atoms with Crippen molar-refractivity contribution >= 4 is 69.7 Å². The summed E-state index contributed by atoms with van der Waals surface area (Å²) in [7, 11) is 0. The Morgan fingerprint density at radius 3 is 1.27 bits per heavy atom. The first-order valence-corrected chi connectivity index (χ1v) is 33.6. The number of carboxylic acids is 8. The maximum Gasteiger partial charge on any atom is 0.336 e. The lowest BCUT2D eigenvalue weighted by molar-refractivity contribution is -0.144. The molecule has 13 rings (SSSR count). The van der Waals surface area contributed by atoms with E-state index < -0.39 is 69.9 Å². The molecule has 0 spiro atoms. The van der Waals surface area contributed by atoms with E-state index in [0.29, 0.717) is 75.6 Å². The summed E-state index contributed by atoms with van der Waals surface area (Å²) in [6.45, 7) is 0.964. The predicted octanol–water partition coefficient (Wildman–Crippen LogP) is 8.14. The number of hydrogen-bond donors (Lipinski definition) is 16. The van der Waals surface area contributed by atoms with E-state index in [4.69, 9.17) is 91.1 Å². The number of aromatic carboxylic acids is 1. The summed E-state index contributed by atoms with van der Waals surface area (Å²) in [4.78, 5) is 85.1. The van der Waals surface area contributed by atoms with Gasteiger partial charge in [-0.1, -0.05) is 166 Å². The summed E-state index contributed by atoms with van der Waals surface area (Å²) < 4.78 is 6.05. The van der Waals surface area contributed by atoms with Crippen molar-refractivity contribution in [3.8, 4) is 11.1 Å². The molecule has 0 radical (unpaired) electrons. The van der Waals surface area contributed by atoms with Crippen molar-refractivity contribution in [3.63, 3.8) is 0 Å². The van der Waals surface area contributed by atoms with Crippen LogP contribution in [0.2, 0.25) is 0 Å². The van der Waals surface area contributed by atoms with E-state index in [2.05, 4.69) is 0 Å². The highest BCUT2D eigenvalue weighted by atomic mass is 16.4. The lowest BCUT2D eigenvalue weighted by Crippen LogP contribution is -2.48. The molecule has 5 atom stereocenters. The van der Waals surface area contributed by atoms with Crippen LogP contribution in [0.5, 0.6) is 0 Å². The summed E-state index contributed by atoms with van der Waals surface area (Å²) in [5.74, 6) is -7.31. The molecule has 1 unspecified atom stereocenters. The fourth-order valence-electron chi connectivity index (χ4n) is 12.8. The molecule has 0 saturated heterocycles. The van der Waals surface area contributed by atoms with E-state index in [9.17, 15) is 38.4 Å². The zero-order valence-corrected chi connectivity index (χ0v) is 56.1. The van der Waals surface area contributed by atoms with Crippen molar-refractivity contribution in [2.45, 2.75) is 176 Å². The molecule has 100 heavy (non-hydrogen) atoms. The van der Waals surface area contributed by atoms with Gasteiger partial charge in [0.05, 0.1) is 17.4 Å². The molecule has 538 valence electrons. The molecular weight excluding hydrogens is 1280 g/mol. The minimum Gasteiger partial charge on any atom is -0.481 e. The van der Waals surface area contributed by atoms with Crippen molar-refractivity contribution in [1.29, 1.82) is 0 Å². The summed E-state index contributed by atoms with van der Waals surface area (Å²) in [6.07, 6.45) is 15.5. The van der Waals surface area contributed by atoms with E-state index in [-0.39, 0.29) is 30.3 Å². The van der Waals surface area contributed by atoms with Crippen LogP contribution < -0.4 is 45.9 Å². The third-order valence-corrected chi connectivity index (χ3v) is 19.0. The van der Waals surface area contributed by atoms with Crippen LogP contribution in [0.15, 0.2) is 138 Å². The highest BCUT2D eigenvalue weighted by Crippen LogP contribution is 2.37. The van der Waals surface area contributed by atoms with Crippen LogP contribution in [-0.2, 0) is 77.7 Å². The second kappa shape index (κ2) is 36.6. The summed E-state index contributed by atoms with van der Waals surface area (Å²) in [6, 6.07) is 41.4. The first-order valence-electron chi connectivity index (χ1n) is 33.6. The summed E-state index contributed by atoms with van der Waals surface area (Å²) in [5.41, 5.74) is 51.3. The van der Waals surface area contributed by atoms with Crippen LogP contribution >= 0.6 is 0 Å². The molecule has 25 nitrogen and oxygen atoms in total. The zero-order valence-electron chi connectivity index (χ0n) is 56.1. The van der Waals surface area contributed by atoms with Gasteiger partial charge in [-0.3, -0.25) is 28.8 Å². The molecule has 4 fully saturated rings. The third kappa shape index (κ3) is 21.3. The van der Waals surface area contributed by atoms with Crippen LogP contribution in [-0.4, -0.2) is 124 Å². The maximum atomic E-state index is 11.2. The van der Waals surface area contributed by atoms with Crippen LogP contribution in [0.25, 0.3) is 33.1 Å². The summed E-state index contributed by atoms with van der Waals surface area (Å²) in [5, 5.41) is 72.0. The lowest BCUT2D eigenvalue weighted by Gasteiger charge is -2.24. The van der Waals surface area contributed by atoms with Gasteiger partial charge < -0.3 is 91.1 Å². The van der Waals surface area contributed by atoms with Gasteiger partial charge in [0.2, 0.25) is 0 Å². The average Bonchev–Trinajstić information content (AvgIpc) is 1.62. The maximum absolute atomic E-state index is 11.2. The highest BCUT2D eigenvalue weighted by Gasteiger charge is 2.46. The SMILES string of the molecule is NC1(C(=O)O)CC1.NC1(C(=O)O)CCCC1.NC1(C(=O)O)CCc2ccccc21.NC1(C(=O)O)Cc2ccccc2C1.NCCc1cccc2c1oc1c(CCC(=O)O)cccc12.NCc1ccccc1-c1ccccc1C(=O)O.N[C@@H]1CCCC[C@@H]1C(=O)O.N[C@H]1CCCC[C@@H]1C(=O)O. The number of aryl methyl sites for hydroxylation is 2. The predicted molar refractivity (Wildman–Crippen MR) is 378 cm³/mol. The van der Waals surface area contributed by atoms with Crippen LogP contribution in [0.1, 0.15) is 152 Å². The number of rotatable bonds is 14. The minimum absolute atomic E-state index is 0.103. The fourth-order valence-corrected chi connectivity index (χ4v) is 12.8. The van der Waals surface area contributed by atoms with Gasteiger partial charge in [-0.2, -0.15) is 0 Å². The standard InChI is InChI=1S/C17H17NO3.C14H13NO2.2C10H11NO2.2C7H13NO2.C6H11NO2.C4H7NO2/c18-10-9-12-4-2-6-14-13-5-1-3-11(7-8-15(19)20)16(13)21-17(12)14;15-9-10-5-1-2-6-11(10)12-7-3-4-8-13(12)14(16)17;11-10(9(12)13)5-7-3-1-2-4-8(7)6-10;11-10(9(12)13)6-5-7-3-1-2-4-8(7)10;2*8-6-4-2-1-3-5(6)7(9)10;7-6(5(8)9)3-1-2-4-6;5-4(1-2-4)3(6)7/h1-6H,7-10,18H2,(H,19,20);1-8H,9,15H2,(H,16,17);2*1-4H,5-6,11H2,(H,12,13);2*5-6H,1-4,8H2,(H,9,10);1-4,7H2,(H,8,9);1-2,5H2,(H,6,7)/t;;;;5-,6+;5-,6-;;/m....00../s1. The Morgan fingerprint density at radius 2 is 0.860 bits per heavy atom. The number of nitrogens with two attached hydrogens (primary N) is 8. The number of para-hydroxylation sites is 2. The normalized spacial score (nSPS) is 20.4. The van der Waals surface area contributed by atoms with Gasteiger partial charge in [-0.25, -0.2) is 9.59 Å². The number of aliphatic carboxylic acids is 7. The van der Waals surface area contributed by atoms with Crippen LogP contribution in [0, 0.1) is 11.8 Å². The molecule has 1 heterocycles. The Morgan fingerprint density at radius 1 is 0.430 bits per heavy atom. The highest BCUT2D eigenvalue weighted by molar-refractivity contribution is 6.07. The Labute approximate surface area is 579 Å². The van der Waals surface area contributed by atoms with Gasteiger partial charge in [0.15, 0.2) is 0 Å². The lowest BCUT2D eigenvalue weighted by atomic mass is 9.85. The quantitative estimate of drug-likeness (QED) is 0.0488. The van der Waals surface area contributed by atoms with Crippen LogP contribution in [0.4, 0.5) is 0 Å². The molecule has 0 amide bonds. The number of carbonyl (C=O) groups is 8. The van der Waals surface area contributed by atoms with Crippen LogP contribution in [0.3, 0.4) is 0 Å². The molecule has 0 bridgehead atoms. The molecule has 6 aliphatic rings. The monoisotopic (exact) mass is 1380 g/mol. The Bertz CT molecular complexity index is 3920. The molecule has 0 aliphatic heterocycles. The third-order valence-electron chi connectivity index (χ3n) is 19.0. The van der Waals surface area contributed by atoms with E-state index in [0.717, 1.165) is 143 Å². The van der Waals surface area contributed by atoms with Crippen molar-refractivity contribution in [2.24, 2.45) is 57.7 Å². The van der Waals surface area contributed by atoms with Crippen molar-refractivity contribution < 1.29 is 83.6 Å². The smallest absolute Gasteiger partial charge is 0.336 e. The molecule has 6 aliphatic carbocycles. The zero-order chi connectivity index (χ0) is 73.5. The number of fused-ring (bicyclic) bond motifs is 5. The fraction of sp³-hybridized carbons (Fsp3) is 0.413. The number of furan rings is 1. The Hall–Kier alpha value is -9.44. The van der Waals surface area contributed by atoms with Gasteiger partial charge in [0.1, 0.15) is 33.3 Å². The first-order chi connectivity index (χ1) is 47.4. The molecule has 1 aromatic heterocycles. The Kier molecular flexibility index (Phi) is 29.1. The number of benzene rings is 6. The second-order valence-corrected chi connectivity index (χ2v) is 26.3. The summed E-state index contributed by atoms with van der Waals surface area (Å²) >= 11 is 0. The molecule has 24 N–H and O–H groups in total. The van der Waals surface area contributed by atoms with Gasteiger partial charge in [-0.15, -0.1) is 0 Å².